The molecule has 0 radical (unpaired) electrons. The molecule has 2 rings (SSSR count). The summed E-state index contributed by atoms with van der Waals surface area (Å²) in [6, 6.07) is 0. The highest BCUT2D eigenvalue weighted by molar-refractivity contribution is 5.29. The molecule has 0 amide bonds. The molecule has 1 aliphatic rings. The van der Waals surface area contributed by atoms with E-state index in [9.17, 15) is 0 Å². The van der Waals surface area contributed by atoms with Gasteiger partial charge in [-0.2, -0.15) is 0 Å². The Morgan fingerprint density at radius 1 is 1.44 bits per heavy atom. The fourth-order valence-electron chi connectivity index (χ4n) is 2.82. The fourth-order valence-corrected chi connectivity index (χ4v) is 2.82. The van der Waals surface area contributed by atoms with Gasteiger partial charge in [-0.05, 0) is 19.3 Å². The second-order valence-electron chi connectivity index (χ2n) is 5.36. The van der Waals surface area contributed by atoms with Gasteiger partial charge in [-0.3, -0.25) is 0 Å². The molecule has 1 aromatic rings. The van der Waals surface area contributed by atoms with Crippen LogP contribution in [-0.2, 0) is 6.54 Å². The van der Waals surface area contributed by atoms with Crippen LogP contribution in [0.2, 0.25) is 0 Å². The Kier molecular flexibility index (Phi) is 4.85. The van der Waals surface area contributed by atoms with Gasteiger partial charge in [0.25, 0.3) is 0 Å². The van der Waals surface area contributed by atoms with Crippen molar-refractivity contribution >= 4 is 5.95 Å². The minimum atomic E-state index is 0.778. The predicted molar refractivity (Wildman–Crippen MR) is 76.8 cm³/mol. The maximum atomic E-state index is 4.52. The Hall–Kier alpha value is -1.25. The number of hydrogen-bond acceptors (Lipinski definition) is 2. The molecule has 1 saturated carbocycles. The lowest BCUT2D eigenvalue weighted by atomic mass is 9.87. The first kappa shape index (κ1) is 13.2. The first-order chi connectivity index (χ1) is 8.79. The third-order valence-corrected chi connectivity index (χ3v) is 3.80. The molecule has 0 saturated heterocycles. The summed E-state index contributed by atoms with van der Waals surface area (Å²) in [4.78, 5) is 4.52. The Balaban J connectivity index is 1.88. The molecule has 18 heavy (non-hydrogen) atoms. The summed E-state index contributed by atoms with van der Waals surface area (Å²) in [5.41, 5.74) is 1.09. The molecule has 3 heteroatoms. The van der Waals surface area contributed by atoms with Crippen molar-refractivity contribution in [3.63, 3.8) is 0 Å². The second kappa shape index (κ2) is 6.62. The summed E-state index contributed by atoms with van der Waals surface area (Å²) in [6.45, 7) is 7.65. The van der Waals surface area contributed by atoms with Gasteiger partial charge in [0, 0.05) is 19.3 Å². The smallest absolute Gasteiger partial charge is 0.203 e. The highest BCUT2D eigenvalue weighted by Crippen LogP contribution is 2.27. The molecule has 1 heterocycles. The standard InChI is InChI=1S/C15H25N3/c1-3-10-16-15-17-13(2)12-18(15)11-9-14-7-5-4-6-8-14/h3,12,14H,1,4-11H2,2H3,(H,16,17). The third-order valence-electron chi connectivity index (χ3n) is 3.80. The van der Waals surface area contributed by atoms with E-state index in [1.54, 1.807) is 0 Å². The van der Waals surface area contributed by atoms with Crippen molar-refractivity contribution in [2.45, 2.75) is 52.0 Å². The van der Waals surface area contributed by atoms with Crippen LogP contribution in [0, 0.1) is 12.8 Å². The molecule has 100 valence electrons. The Labute approximate surface area is 110 Å². The zero-order valence-corrected chi connectivity index (χ0v) is 11.5. The number of aryl methyl sites for hydroxylation is 2. The molecule has 0 unspecified atom stereocenters. The fraction of sp³-hybridized carbons (Fsp3) is 0.667. The van der Waals surface area contributed by atoms with Gasteiger partial charge < -0.3 is 9.88 Å². The van der Waals surface area contributed by atoms with Gasteiger partial charge >= 0.3 is 0 Å². The van der Waals surface area contributed by atoms with Crippen molar-refractivity contribution in [2.75, 3.05) is 11.9 Å². The highest BCUT2D eigenvalue weighted by Gasteiger charge is 2.14. The Morgan fingerprint density at radius 3 is 2.94 bits per heavy atom. The largest absolute Gasteiger partial charge is 0.352 e. The van der Waals surface area contributed by atoms with Gasteiger partial charge in [-0.25, -0.2) is 4.98 Å². The maximum Gasteiger partial charge on any atom is 0.203 e. The highest BCUT2D eigenvalue weighted by atomic mass is 15.2. The van der Waals surface area contributed by atoms with Gasteiger partial charge in [-0.15, -0.1) is 6.58 Å². The molecule has 1 aromatic heterocycles. The average Bonchev–Trinajstić information content (AvgIpc) is 2.75. The quantitative estimate of drug-likeness (QED) is 0.776. The predicted octanol–water partition coefficient (Wildman–Crippen LogP) is 3.76. The van der Waals surface area contributed by atoms with Crippen molar-refractivity contribution in [1.29, 1.82) is 0 Å². The van der Waals surface area contributed by atoms with Crippen LogP contribution in [0.25, 0.3) is 0 Å². The van der Waals surface area contributed by atoms with Crippen LogP contribution < -0.4 is 5.32 Å². The van der Waals surface area contributed by atoms with Crippen LogP contribution in [0.4, 0.5) is 5.95 Å². The van der Waals surface area contributed by atoms with Crippen LogP contribution in [0.15, 0.2) is 18.9 Å². The lowest BCUT2D eigenvalue weighted by Crippen LogP contribution is -2.12. The molecular weight excluding hydrogens is 222 g/mol. The SMILES string of the molecule is C=CCNc1nc(C)cn1CCC1CCCCC1. The normalized spacial score (nSPS) is 16.7. The van der Waals surface area contributed by atoms with E-state index in [4.69, 9.17) is 0 Å². The van der Waals surface area contributed by atoms with Crippen molar-refractivity contribution in [2.24, 2.45) is 5.92 Å². The maximum absolute atomic E-state index is 4.52. The monoisotopic (exact) mass is 247 g/mol. The van der Waals surface area contributed by atoms with Crippen molar-refractivity contribution in [1.82, 2.24) is 9.55 Å². The molecule has 0 aromatic carbocycles. The van der Waals surface area contributed by atoms with Crippen LogP contribution in [-0.4, -0.2) is 16.1 Å². The molecule has 3 nitrogen and oxygen atoms in total. The van der Waals surface area contributed by atoms with Crippen molar-refractivity contribution in [3.8, 4) is 0 Å². The van der Waals surface area contributed by atoms with E-state index in [2.05, 4.69) is 34.6 Å². The van der Waals surface area contributed by atoms with E-state index in [1.165, 1.54) is 38.5 Å². The van der Waals surface area contributed by atoms with E-state index in [0.29, 0.717) is 0 Å². The summed E-state index contributed by atoms with van der Waals surface area (Å²) < 4.78 is 2.26. The third kappa shape index (κ3) is 3.62. The lowest BCUT2D eigenvalue weighted by Gasteiger charge is -2.21. The molecule has 0 bridgehead atoms. The van der Waals surface area contributed by atoms with E-state index < -0.39 is 0 Å². The van der Waals surface area contributed by atoms with E-state index in [-0.39, 0.29) is 0 Å². The van der Waals surface area contributed by atoms with Gasteiger partial charge in [0.1, 0.15) is 0 Å². The van der Waals surface area contributed by atoms with Crippen LogP contribution in [0.5, 0.6) is 0 Å². The molecule has 0 aliphatic heterocycles. The number of aromatic nitrogens is 2. The number of nitrogens with zero attached hydrogens (tertiary/aromatic N) is 2. The van der Waals surface area contributed by atoms with Crippen LogP contribution in [0.1, 0.15) is 44.2 Å². The van der Waals surface area contributed by atoms with E-state index in [0.717, 1.165) is 30.6 Å². The molecule has 1 N–H and O–H groups in total. The number of imidazole rings is 1. The lowest BCUT2D eigenvalue weighted by molar-refractivity contribution is 0.324. The van der Waals surface area contributed by atoms with Crippen molar-refractivity contribution in [3.05, 3.63) is 24.5 Å². The summed E-state index contributed by atoms with van der Waals surface area (Å²) in [7, 11) is 0. The number of rotatable bonds is 6. The number of anilines is 1. The van der Waals surface area contributed by atoms with Crippen LogP contribution in [0.3, 0.4) is 0 Å². The van der Waals surface area contributed by atoms with Gasteiger partial charge in [-0.1, -0.05) is 38.2 Å². The molecule has 1 aliphatic carbocycles. The van der Waals surface area contributed by atoms with Gasteiger partial charge in [0.2, 0.25) is 5.95 Å². The summed E-state index contributed by atoms with van der Waals surface area (Å²) in [5, 5.41) is 3.31. The number of hydrogen-bond donors (Lipinski definition) is 1. The number of nitrogens with one attached hydrogen (secondary N) is 1. The van der Waals surface area contributed by atoms with Crippen molar-refractivity contribution < 1.29 is 0 Å². The zero-order chi connectivity index (χ0) is 12.8. The molecule has 0 spiro atoms. The minimum Gasteiger partial charge on any atom is -0.352 e. The Bertz CT molecular complexity index is 375. The summed E-state index contributed by atoms with van der Waals surface area (Å²) in [5.74, 6) is 1.91. The van der Waals surface area contributed by atoms with Gasteiger partial charge in [0.05, 0.1) is 5.69 Å². The first-order valence-electron chi connectivity index (χ1n) is 7.18. The van der Waals surface area contributed by atoms with Crippen LogP contribution >= 0.6 is 0 Å². The van der Waals surface area contributed by atoms with E-state index >= 15 is 0 Å². The molecular formula is C15H25N3. The topological polar surface area (TPSA) is 29.9 Å². The van der Waals surface area contributed by atoms with E-state index in [1.807, 2.05) is 6.08 Å². The molecule has 1 fully saturated rings. The summed E-state index contributed by atoms with van der Waals surface area (Å²) in [6.07, 6.45) is 12.4. The molecule has 0 atom stereocenters. The minimum absolute atomic E-state index is 0.778. The summed E-state index contributed by atoms with van der Waals surface area (Å²) >= 11 is 0. The first-order valence-corrected chi connectivity index (χ1v) is 7.18. The second-order valence-corrected chi connectivity index (χ2v) is 5.36. The van der Waals surface area contributed by atoms with Gasteiger partial charge in [0.15, 0.2) is 0 Å². The zero-order valence-electron chi connectivity index (χ0n) is 11.5. The average molecular weight is 247 g/mol. The Morgan fingerprint density at radius 2 is 2.22 bits per heavy atom.